The second kappa shape index (κ2) is 9.55. The molecule has 1 amide bonds. The molecule has 1 fully saturated rings. The van der Waals surface area contributed by atoms with Crippen molar-refractivity contribution in [3.8, 4) is 11.1 Å². The first-order chi connectivity index (χ1) is 13.3. The standard InChI is InChI=1S/C22H28FN3O2.ClH/c1-13-4-6-15(7-5-13)21(24)22(28)25-16-8-9-18(19(23)12-16)17-10-11-20(27)26(3)14(17)2;/h8-13,15,21H,4-7,24H2,1-3H3,(H,25,28);1H. The van der Waals surface area contributed by atoms with Crippen molar-refractivity contribution in [2.75, 3.05) is 5.32 Å². The maximum absolute atomic E-state index is 14.7. The maximum Gasteiger partial charge on any atom is 0.250 e. The summed E-state index contributed by atoms with van der Waals surface area (Å²) in [6.07, 6.45) is 4.09. The summed E-state index contributed by atoms with van der Waals surface area (Å²) in [5.74, 6) is 0.132. The Balaban J connectivity index is 0.00000300. The highest BCUT2D eigenvalue weighted by atomic mass is 35.5. The summed E-state index contributed by atoms with van der Waals surface area (Å²) >= 11 is 0. The van der Waals surface area contributed by atoms with Gasteiger partial charge in [-0.15, -0.1) is 12.4 Å². The number of amides is 1. The highest BCUT2D eigenvalue weighted by molar-refractivity contribution is 5.95. The Morgan fingerprint density at radius 1 is 1.17 bits per heavy atom. The number of aromatic nitrogens is 1. The van der Waals surface area contributed by atoms with Crippen molar-refractivity contribution < 1.29 is 9.18 Å². The third-order valence-corrected chi connectivity index (χ3v) is 6.01. The number of hydrogen-bond donors (Lipinski definition) is 2. The Morgan fingerprint density at radius 2 is 1.79 bits per heavy atom. The van der Waals surface area contributed by atoms with E-state index in [4.69, 9.17) is 5.73 Å². The van der Waals surface area contributed by atoms with Gasteiger partial charge in [-0.2, -0.15) is 0 Å². The van der Waals surface area contributed by atoms with E-state index in [0.717, 1.165) is 25.7 Å². The van der Waals surface area contributed by atoms with Crippen LogP contribution in [0.15, 0.2) is 35.1 Å². The molecule has 0 radical (unpaired) electrons. The molecular weight excluding hydrogens is 393 g/mol. The molecule has 0 bridgehead atoms. The zero-order valence-corrected chi connectivity index (χ0v) is 17.9. The van der Waals surface area contributed by atoms with Crippen LogP contribution in [0.25, 0.3) is 11.1 Å². The second-order valence-electron chi connectivity index (χ2n) is 7.96. The van der Waals surface area contributed by atoms with Crippen LogP contribution < -0.4 is 16.6 Å². The summed E-state index contributed by atoms with van der Waals surface area (Å²) in [4.78, 5) is 24.2. The molecule has 1 heterocycles. The quantitative estimate of drug-likeness (QED) is 0.782. The lowest BCUT2D eigenvalue weighted by Crippen LogP contribution is -2.43. The number of pyridine rings is 1. The third kappa shape index (κ3) is 5.06. The van der Waals surface area contributed by atoms with Gasteiger partial charge in [-0.3, -0.25) is 9.59 Å². The molecule has 1 atom stereocenters. The topological polar surface area (TPSA) is 77.1 Å². The Labute approximate surface area is 176 Å². The minimum atomic E-state index is -0.582. The summed E-state index contributed by atoms with van der Waals surface area (Å²) in [6, 6.07) is 7.03. The van der Waals surface area contributed by atoms with Crippen LogP contribution in [0.3, 0.4) is 0 Å². The summed E-state index contributed by atoms with van der Waals surface area (Å²) < 4.78 is 16.2. The van der Waals surface area contributed by atoms with E-state index in [-0.39, 0.29) is 29.8 Å². The van der Waals surface area contributed by atoms with Crippen LogP contribution in [0, 0.1) is 24.6 Å². The van der Waals surface area contributed by atoms with Gasteiger partial charge < -0.3 is 15.6 Å². The van der Waals surface area contributed by atoms with E-state index >= 15 is 0 Å². The third-order valence-electron chi connectivity index (χ3n) is 6.01. The maximum atomic E-state index is 14.7. The number of benzene rings is 1. The molecule has 0 spiro atoms. The minimum absolute atomic E-state index is 0. The number of carbonyl (C=O) groups excluding carboxylic acids is 1. The Kier molecular flexibility index (Phi) is 7.60. The molecule has 1 aliphatic rings. The molecule has 158 valence electrons. The van der Waals surface area contributed by atoms with Gasteiger partial charge >= 0.3 is 0 Å². The van der Waals surface area contributed by atoms with Crippen LogP contribution in [0.1, 0.15) is 38.3 Å². The average Bonchev–Trinajstić information content (AvgIpc) is 2.67. The molecule has 1 aliphatic carbocycles. The SMILES string of the molecule is Cc1c(-c2ccc(NC(=O)C(N)C3CCC(C)CC3)cc2F)ccc(=O)n1C.Cl. The molecule has 2 aromatic rings. The van der Waals surface area contributed by atoms with Gasteiger partial charge in [0.25, 0.3) is 0 Å². The van der Waals surface area contributed by atoms with E-state index in [1.54, 1.807) is 32.2 Å². The van der Waals surface area contributed by atoms with Crippen molar-refractivity contribution in [2.45, 2.75) is 45.6 Å². The number of nitrogens with two attached hydrogens (primary N) is 1. The van der Waals surface area contributed by atoms with Crippen molar-refractivity contribution >= 4 is 24.0 Å². The molecule has 0 aliphatic heterocycles. The van der Waals surface area contributed by atoms with Crippen LogP contribution in [-0.2, 0) is 11.8 Å². The number of nitrogens with zero attached hydrogens (tertiary/aromatic N) is 1. The van der Waals surface area contributed by atoms with Crippen LogP contribution in [0.5, 0.6) is 0 Å². The van der Waals surface area contributed by atoms with Crippen LogP contribution in [-0.4, -0.2) is 16.5 Å². The van der Waals surface area contributed by atoms with E-state index in [9.17, 15) is 14.0 Å². The molecule has 29 heavy (non-hydrogen) atoms. The molecule has 1 saturated carbocycles. The fourth-order valence-corrected chi connectivity index (χ4v) is 3.91. The lowest BCUT2D eigenvalue weighted by molar-refractivity contribution is -0.118. The second-order valence-corrected chi connectivity index (χ2v) is 7.96. The number of halogens is 2. The molecule has 1 unspecified atom stereocenters. The lowest BCUT2D eigenvalue weighted by Gasteiger charge is -2.29. The molecule has 7 heteroatoms. The first kappa shape index (κ1) is 23.1. The normalized spacial score (nSPS) is 19.9. The van der Waals surface area contributed by atoms with Crippen LogP contribution in [0.4, 0.5) is 10.1 Å². The molecule has 1 aromatic carbocycles. The van der Waals surface area contributed by atoms with Gasteiger partial charge in [0.2, 0.25) is 11.5 Å². The van der Waals surface area contributed by atoms with Crippen LogP contribution in [0.2, 0.25) is 0 Å². The summed E-state index contributed by atoms with van der Waals surface area (Å²) in [5, 5.41) is 2.75. The fourth-order valence-electron chi connectivity index (χ4n) is 3.91. The number of anilines is 1. The molecular formula is C22H29ClFN3O2. The monoisotopic (exact) mass is 421 g/mol. The Morgan fingerprint density at radius 3 is 2.41 bits per heavy atom. The first-order valence-electron chi connectivity index (χ1n) is 9.81. The highest BCUT2D eigenvalue weighted by Crippen LogP contribution is 2.31. The molecule has 3 N–H and O–H groups in total. The predicted octanol–water partition coefficient (Wildman–Crippen LogP) is 4.01. The largest absolute Gasteiger partial charge is 0.325 e. The smallest absolute Gasteiger partial charge is 0.250 e. The van der Waals surface area contributed by atoms with Crippen molar-refractivity contribution in [3.05, 3.63) is 52.2 Å². The Bertz CT molecular complexity index is 936. The van der Waals surface area contributed by atoms with E-state index in [0.29, 0.717) is 28.4 Å². The number of nitrogens with one attached hydrogen (secondary N) is 1. The number of rotatable bonds is 4. The van der Waals surface area contributed by atoms with Gasteiger partial charge in [-0.1, -0.05) is 19.8 Å². The van der Waals surface area contributed by atoms with Crippen molar-refractivity contribution in [2.24, 2.45) is 24.6 Å². The van der Waals surface area contributed by atoms with Gasteiger partial charge in [0.05, 0.1) is 6.04 Å². The van der Waals surface area contributed by atoms with Gasteiger partial charge in [-0.25, -0.2) is 4.39 Å². The zero-order chi connectivity index (χ0) is 20.4. The van der Waals surface area contributed by atoms with E-state index in [1.165, 1.54) is 16.7 Å². The van der Waals surface area contributed by atoms with Crippen LogP contribution >= 0.6 is 12.4 Å². The minimum Gasteiger partial charge on any atom is -0.325 e. The first-order valence-corrected chi connectivity index (χ1v) is 9.81. The number of hydrogen-bond acceptors (Lipinski definition) is 3. The molecule has 0 saturated heterocycles. The molecule has 5 nitrogen and oxygen atoms in total. The van der Waals surface area contributed by atoms with Gasteiger partial charge in [-0.05, 0) is 55.9 Å². The zero-order valence-electron chi connectivity index (χ0n) is 17.1. The van der Waals surface area contributed by atoms with Crippen molar-refractivity contribution in [3.63, 3.8) is 0 Å². The van der Waals surface area contributed by atoms with Gasteiger partial charge in [0.15, 0.2) is 0 Å². The predicted molar refractivity (Wildman–Crippen MR) is 117 cm³/mol. The molecule has 1 aromatic heterocycles. The lowest BCUT2D eigenvalue weighted by atomic mass is 9.79. The van der Waals surface area contributed by atoms with Crippen molar-refractivity contribution in [1.82, 2.24) is 4.57 Å². The molecule has 3 rings (SSSR count). The van der Waals surface area contributed by atoms with Crippen molar-refractivity contribution in [1.29, 1.82) is 0 Å². The summed E-state index contributed by atoms with van der Waals surface area (Å²) in [6.45, 7) is 3.99. The van der Waals surface area contributed by atoms with E-state index < -0.39 is 11.9 Å². The average molecular weight is 422 g/mol. The fraction of sp³-hybridized carbons (Fsp3) is 0.455. The number of carbonyl (C=O) groups is 1. The highest BCUT2D eigenvalue weighted by Gasteiger charge is 2.28. The summed E-state index contributed by atoms with van der Waals surface area (Å²) in [5.41, 5.74) is 8.10. The van der Waals surface area contributed by atoms with Gasteiger partial charge in [0, 0.05) is 35.6 Å². The van der Waals surface area contributed by atoms with Gasteiger partial charge in [0.1, 0.15) is 5.82 Å². The summed E-state index contributed by atoms with van der Waals surface area (Å²) in [7, 11) is 1.65. The van der Waals surface area contributed by atoms with E-state index in [2.05, 4.69) is 12.2 Å². The van der Waals surface area contributed by atoms with E-state index in [1.807, 2.05) is 0 Å². The Hall–Kier alpha value is -2.18.